The molecule has 0 aliphatic carbocycles. The van der Waals surface area contributed by atoms with Crippen LogP contribution in [0, 0.1) is 6.92 Å². The van der Waals surface area contributed by atoms with Crippen LogP contribution in [0.15, 0.2) is 42.5 Å². The van der Waals surface area contributed by atoms with E-state index in [1.54, 1.807) is 42.2 Å². The molecule has 6 nitrogen and oxygen atoms in total. The molecular weight excluding hydrogens is 334 g/mol. The van der Waals surface area contributed by atoms with Gasteiger partial charge in [-0.2, -0.15) is 0 Å². The summed E-state index contributed by atoms with van der Waals surface area (Å²) in [5.74, 6) is -1.28. The van der Waals surface area contributed by atoms with Crippen LogP contribution in [0.2, 0.25) is 0 Å². The quantitative estimate of drug-likeness (QED) is 0.660. The predicted octanol–water partition coefficient (Wildman–Crippen LogP) is 2.87. The number of aryl methyl sites for hydroxylation is 1. The smallest absolute Gasteiger partial charge is 0.342 e. The molecule has 1 saturated heterocycles. The number of hydrogen-bond donors (Lipinski definition) is 1. The van der Waals surface area contributed by atoms with Crippen LogP contribution < -0.4 is 4.90 Å². The number of nitrogens with zero attached hydrogens (tertiary/aromatic N) is 1. The molecule has 6 heteroatoms. The van der Waals surface area contributed by atoms with Crippen LogP contribution in [0.5, 0.6) is 5.75 Å². The Labute approximate surface area is 151 Å². The number of ether oxygens (including phenoxy) is 1. The Bertz CT molecular complexity index is 874. The number of esters is 1. The summed E-state index contributed by atoms with van der Waals surface area (Å²) >= 11 is 0. The van der Waals surface area contributed by atoms with Crippen molar-refractivity contribution in [2.24, 2.45) is 0 Å². The molecule has 0 aromatic heterocycles. The van der Waals surface area contributed by atoms with E-state index in [0.29, 0.717) is 24.2 Å². The van der Waals surface area contributed by atoms with E-state index < -0.39 is 12.6 Å². The van der Waals surface area contributed by atoms with Gasteiger partial charge in [-0.1, -0.05) is 18.2 Å². The highest BCUT2D eigenvalue weighted by Gasteiger charge is 2.22. The first kappa shape index (κ1) is 17.7. The largest absolute Gasteiger partial charge is 0.507 e. The lowest BCUT2D eigenvalue weighted by Gasteiger charge is -2.16. The summed E-state index contributed by atoms with van der Waals surface area (Å²) in [5, 5.41) is 9.80. The number of phenols is 1. The van der Waals surface area contributed by atoms with Crippen molar-refractivity contribution in [2.45, 2.75) is 19.8 Å². The number of phenolic OH excluding ortho intramolecular Hbond substituents is 1. The lowest BCUT2D eigenvalue weighted by Crippen LogP contribution is -2.24. The Hall–Kier alpha value is -3.15. The molecule has 1 aliphatic rings. The second-order valence-corrected chi connectivity index (χ2v) is 6.22. The van der Waals surface area contributed by atoms with E-state index in [0.717, 1.165) is 12.0 Å². The molecule has 0 radical (unpaired) electrons. The highest BCUT2D eigenvalue weighted by atomic mass is 16.5. The summed E-state index contributed by atoms with van der Waals surface area (Å²) in [6.07, 6.45) is 1.31. The van der Waals surface area contributed by atoms with Crippen molar-refractivity contribution in [2.75, 3.05) is 18.1 Å². The van der Waals surface area contributed by atoms with Crippen molar-refractivity contribution >= 4 is 23.3 Å². The van der Waals surface area contributed by atoms with Crippen LogP contribution in [-0.4, -0.2) is 35.9 Å². The highest BCUT2D eigenvalue weighted by Crippen LogP contribution is 2.23. The third-order valence-corrected chi connectivity index (χ3v) is 4.26. The molecule has 2 aromatic carbocycles. The molecule has 1 amide bonds. The zero-order valence-electron chi connectivity index (χ0n) is 14.4. The van der Waals surface area contributed by atoms with Crippen molar-refractivity contribution in [3.63, 3.8) is 0 Å². The van der Waals surface area contributed by atoms with Crippen LogP contribution in [0.3, 0.4) is 0 Å². The normalized spacial score (nSPS) is 13.7. The van der Waals surface area contributed by atoms with E-state index in [9.17, 15) is 19.5 Å². The molecule has 0 bridgehead atoms. The summed E-state index contributed by atoms with van der Waals surface area (Å²) < 4.78 is 5.02. The molecule has 3 rings (SSSR count). The van der Waals surface area contributed by atoms with Crippen LogP contribution >= 0.6 is 0 Å². The molecule has 1 aliphatic heterocycles. The lowest BCUT2D eigenvalue weighted by molar-refractivity contribution is -0.117. The van der Waals surface area contributed by atoms with Crippen molar-refractivity contribution in [1.29, 1.82) is 0 Å². The van der Waals surface area contributed by atoms with Gasteiger partial charge in [0.15, 0.2) is 12.4 Å². The number of Topliss-reactive ketones (excluding diaryl/α,β-unsaturated/α-hetero) is 1. The molecule has 1 heterocycles. The number of ketones is 1. The summed E-state index contributed by atoms with van der Waals surface area (Å²) in [7, 11) is 0. The average Bonchev–Trinajstić information content (AvgIpc) is 3.05. The Balaban J connectivity index is 1.66. The monoisotopic (exact) mass is 353 g/mol. The van der Waals surface area contributed by atoms with Crippen LogP contribution in [0.25, 0.3) is 0 Å². The topological polar surface area (TPSA) is 83.9 Å². The first-order chi connectivity index (χ1) is 12.5. The fourth-order valence-corrected chi connectivity index (χ4v) is 2.87. The molecule has 2 aromatic rings. The third-order valence-electron chi connectivity index (χ3n) is 4.26. The number of aromatic hydroxyl groups is 1. The first-order valence-electron chi connectivity index (χ1n) is 8.36. The van der Waals surface area contributed by atoms with Gasteiger partial charge < -0.3 is 14.7 Å². The van der Waals surface area contributed by atoms with Gasteiger partial charge in [0.2, 0.25) is 5.91 Å². The number of carbonyl (C=O) groups excluding carboxylic acids is 3. The minimum absolute atomic E-state index is 0.0137. The number of carbonyl (C=O) groups is 3. The van der Waals surface area contributed by atoms with Gasteiger partial charge in [0.25, 0.3) is 0 Å². The fourth-order valence-electron chi connectivity index (χ4n) is 2.87. The third kappa shape index (κ3) is 3.74. The molecule has 0 unspecified atom stereocenters. The molecule has 1 fully saturated rings. The van der Waals surface area contributed by atoms with E-state index in [1.165, 1.54) is 12.1 Å². The van der Waals surface area contributed by atoms with Gasteiger partial charge in [-0.25, -0.2) is 4.79 Å². The molecule has 0 atom stereocenters. The molecule has 1 N–H and O–H groups in total. The Kier molecular flexibility index (Phi) is 5.02. The number of amides is 1. The Morgan fingerprint density at radius 2 is 2.00 bits per heavy atom. The number of benzene rings is 2. The number of hydrogen-bond acceptors (Lipinski definition) is 5. The van der Waals surface area contributed by atoms with E-state index in [2.05, 4.69) is 0 Å². The van der Waals surface area contributed by atoms with Crippen molar-refractivity contribution in [3.05, 3.63) is 59.2 Å². The fraction of sp³-hybridized carbons (Fsp3) is 0.250. The van der Waals surface area contributed by atoms with Gasteiger partial charge >= 0.3 is 5.97 Å². The zero-order chi connectivity index (χ0) is 18.7. The SMILES string of the molecule is Cc1ccc(C(=O)OCC(=O)c2cccc(N3CCCC3=O)c2)c(O)c1. The van der Waals surface area contributed by atoms with Gasteiger partial charge in [0.1, 0.15) is 11.3 Å². The summed E-state index contributed by atoms with van der Waals surface area (Å²) in [5.41, 5.74) is 1.85. The van der Waals surface area contributed by atoms with E-state index in [1.807, 2.05) is 0 Å². The van der Waals surface area contributed by atoms with Gasteiger partial charge in [0, 0.05) is 24.2 Å². The molecule has 26 heavy (non-hydrogen) atoms. The maximum Gasteiger partial charge on any atom is 0.342 e. The van der Waals surface area contributed by atoms with Gasteiger partial charge in [-0.15, -0.1) is 0 Å². The van der Waals surface area contributed by atoms with Crippen molar-refractivity contribution in [1.82, 2.24) is 0 Å². The van der Waals surface area contributed by atoms with E-state index >= 15 is 0 Å². The molecule has 0 saturated carbocycles. The minimum atomic E-state index is -0.762. The maximum absolute atomic E-state index is 12.3. The number of rotatable bonds is 5. The van der Waals surface area contributed by atoms with Crippen LogP contribution in [0.1, 0.15) is 39.1 Å². The lowest BCUT2D eigenvalue weighted by atomic mass is 10.1. The highest BCUT2D eigenvalue weighted by molar-refractivity contribution is 6.02. The molecular formula is C20H19NO5. The van der Waals surface area contributed by atoms with Crippen molar-refractivity contribution in [3.8, 4) is 5.75 Å². The maximum atomic E-state index is 12.3. The Morgan fingerprint density at radius 1 is 1.19 bits per heavy atom. The first-order valence-corrected chi connectivity index (χ1v) is 8.36. The Morgan fingerprint density at radius 3 is 2.69 bits per heavy atom. The standard InChI is InChI=1S/C20H19NO5/c1-13-7-8-16(17(22)10-13)20(25)26-12-18(23)14-4-2-5-15(11-14)21-9-3-6-19(21)24/h2,4-5,7-8,10-11,22H,3,6,9,12H2,1H3. The zero-order valence-corrected chi connectivity index (χ0v) is 14.4. The second kappa shape index (κ2) is 7.39. The van der Waals surface area contributed by atoms with E-state index in [4.69, 9.17) is 4.74 Å². The predicted molar refractivity (Wildman–Crippen MR) is 95.5 cm³/mol. The van der Waals surface area contributed by atoms with Crippen LogP contribution in [-0.2, 0) is 9.53 Å². The molecule has 134 valence electrons. The molecule has 0 spiro atoms. The van der Waals surface area contributed by atoms with E-state index in [-0.39, 0.29) is 23.0 Å². The summed E-state index contributed by atoms with van der Waals surface area (Å²) in [6.45, 7) is 1.98. The second-order valence-electron chi connectivity index (χ2n) is 6.22. The van der Waals surface area contributed by atoms with Gasteiger partial charge in [-0.3, -0.25) is 9.59 Å². The van der Waals surface area contributed by atoms with Crippen molar-refractivity contribution < 1.29 is 24.2 Å². The van der Waals surface area contributed by atoms with Gasteiger partial charge in [-0.05, 0) is 43.2 Å². The summed E-state index contributed by atoms with van der Waals surface area (Å²) in [6, 6.07) is 11.3. The van der Waals surface area contributed by atoms with Crippen LogP contribution in [0.4, 0.5) is 5.69 Å². The number of anilines is 1. The summed E-state index contributed by atoms with van der Waals surface area (Å²) in [4.78, 5) is 37.8. The average molecular weight is 353 g/mol. The van der Waals surface area contributed by atoms with Gasteiger partial charge in [0.05, 0.1) is 0 Å². The minimum Gasteiger partial charge on any atom is -0.507 e.